The van der Waals surface area contributed by atoms with Crippen molar-refractivity contribution in [2.24, 2.45) is 5.41 Å². The van der Waals surface area contributed by atoms with E-state index in [0.717, 1.165) is 38.3 Å². The van der Waals surface area contributed by atoms with Crippen molar-refractivity contribution in [1.82, 2.24) is 10.3 Å². The van der Waals surface area contributed by atoms with E-state index in [0.29, 0.717) is 5.82 Å². The van der Waals surface area contributed by atoms with Crippen LogP contribution in [-0.2, 0) is 6.18 Å². The van der Waals surface area contributed by atoms with Gasteiger partial charge in [-0.05, 0) is 31.0 Å². The molecule has 106 valence electrons. The molecule has 0 spiro atoms. The SMILES string of the molecule is CNCC1(C)CCN(c2ccc(C(F)(F)F)cn2)C1. The molecule has 0 bridgehead atoms. The minimum atomic E-state index is -4.32. The van der Waals surface area contributed by atoms with Crippen LogP contribution in [0.15, 0.2) is 18.3 Å². The summed E-state index contributed by atoms with van der Waals surface area (Å²) in [6.07, 6.45) is -2.41. The summed E-state index contributed by atoms with van der Waals surface area (Å²) in [5, 5.41) is 3.16. The summed E-state index contributed by atoms with van der Waals surface area (Å²) >= 11 is 0. The van der Waals surface area contributed by atoms with Gasteiger partial charge in [0.05, 0.1) is 5.56 Å². The van der Waals surface area contributed by atoms with Gasteiger partial charge in [0.1, 0.15) is 5.82 Å². The van der Waals surface area contributed by atoms with Crippen LogP contribution in [0.4, 0.5) is 19.0 Å². The summed E-state index contributed by atoms with van der Waals surface area (Å²) in [5.41, 5.74) is -0.549. The smallest absolute Gasteiger partial charge is 0.356 e. The molecule has 2 rings (SSSR count). The summed E-state index contributed by atoms with van der Waals surface area (Å²) in [5.74, 6) is 0.618. The zero-order valence-corrected chi connectivity index (χ0v) is 11.1. The van der Waals surface area contributed by atoms with Crippen LogP contribution < -0.4 is 10.2 Å². The average molecular weight is 273 g/mol. The highest BCUT2D eigenvalue weighted by Gasteiger charge is 2.35. The Labute approximate surface area is 110 Å². The van der Waals surface area contributed by atoms with Crippen LogP contribution >= 0.6 is 0 Å². The van der Waals surface area contributed by atoms with E-state index in [2.05, 4.69) is 17.2 Å². The average Bonchev–Trinajstić information content (AvgIpc) is 2.71. The van der Waals surface area contributed by atoms with Crippen molar-refractivity contribution in [3.05, 3.63) is 23.9 Å². The van der Waals surface area contributed by atoms with Gasteiger partial charge in [0.15, 0.2) is 0 Å². The molecule has 1 aromatic rings. The zero-order valence-electron chi connectivity index (χ0n) is 11.1. The molecule has 1 unspecified atom stereocenters. The third-order valence-corrected chi connectivity index (χ3v) is 3.56. The van der Waals surface area contributed by atoms with Crippen LogP contribution in [0.2, 0.25) is 0 Å². The van der Waals surface area contributed by atoms with Gasteiger partial charge in [0, 0.05) is 25.8 Å². The maximum absolute atomic E-state index is 12.5. The molecule has 1 aromatic heterocycles. The number of halogens is 3. The van der Waals surface area contributed by atoms with E-state index in [-0.39, 0.29) is 5.41 Å². The molecule has 0 aromatic carbocycles. The first-order valence-corrected chi connectivity index (χ1v) is 6.27. The molecular weight excluding hydrogens is 255 g/mol. The first-order valence-electron chi connectivity index (χ1n) is 6.27. The van der Waals surface area contributed by atoms with E-state index in [9.17, 15) is 13.2 Å². The highest BCUT2D eigenvalue weighted by Crippen LogP contribution is 2.33. The summed E-state index contributed by atoms with van der Waals surface area (Å²) in [6, 6.07) is 2.55. The predicted molar refractivity (Wildman–Crippen MR) is 68.1 cm³/mol. The molecule has 1 atom stereocenters. The maximum Gasteiger partial charge on any atom is 0.417 e. The van der Waals surface area contributed by atoms with Crippen LogP contribution in [-0.4, -0.2) is 31.7 Å². The molecule has 1 aliphatic heterocycles. The lowest BCUT2D eigenvalue weighted by Gasteiger charge is -2.24. The number of nitrogens with zero attached hydrogens (tertiary/aromatic N) is 2. The topological polar surface area (TPSA) is 28.2 Å². The third kappa shape index (κ3) is 3.18. The second-order valence-corrected chi connectivity index (χ2v) is 5.42. The van der Waals surface area contributed by atoms with Gasteiger partial charge in [-0.1, -0.05) is 6.92 Å². The Balaban J connectivity index is 2.08. The third-order valence-electron chi connectivity index (χ3n) is 3.56. The normalized spacial score (nSPS) is 23.9. The van der Waals surface area contributed by atoms with Crippen molar-refractivity contribution >= 4 is 5.82 Å². The van der Waals surface area contributed by atoms with Gasteiger partial charge in [-0.15, -0.1) is 0 Å². The van der Waals surface area contributed by atoms with Crippen LogP contribution in [0.3, 0.4) is 0 Å². The fourth-order valence-corrected chi connectivity index (χ4v) is 2.53. The number of alkyl halides is 3. The Morgan fingerprint density at radius 3 is 2.68 bits per heavy atom. The Hall–Kier alpha value is -1.30. The van der Waals surface area contributed by atoms with Crippen molar-refractivity contribution in [3.63, 3.8) is 0 Å². The highest BCUT2D eigenvalue weighted by molar-refractivity contribution is 5.41. The summed E-state index contributed by atoms with van der Waals surface area (Å²) in [4.78, 5) is 5.98. The molecule has 1 aliphatic rings. The van der Waals surface area contributed by atoms with E-state index < -0.39 is 11.7 Å². The molecule has 1 saturated heterocycles. The molecule has 2 heterocycles. The Bertz CT molecular complexity index is 430. The molecule has 3 nitrogen and oxygen atoms in total. The summed E-state index contributed by atoms with van der Waals surface area (Å²) in [7, 11) is 1.91. The van der Waals surface area contributed by atoms with Gasteiger partial charge in [-0.25, -0.2) is 4.98 Å². The van der Waals surface area contributed by atoms with E-state index in [1.807, 2.05) is 11.9 Å². The molecular formula is C13H18F3N3. The number of hydrogen-bond acceptors (Lipinski definition) is 3. The number of anilines is 1. The van der Waals surface area contributed by atoms with E-state index in [1.165, 1.54) is 6.07 Å². The lowest BCUT2D eigenvalue weighted by molar-refractivity contribution is -0.137. The predicted octanol–water partition coefficient (Wildman–Crippen LogP) is 2.54. The molecule has 0 aliphatic carbocycles. The first kappa shape index (κ1) is 14.1. The van der Waals surface area contributed by atoms with Crippen molar-refractivity contribution in [3.8, 4) is 0 Å². The zero-order chi connectivity index (χ0) is 14.1. The molecule has 0 radical (unpaired) electrons. The van der Waals surface area contributed by atoms with Crippen LogP contribution in [0.5, 0.6) is 0 Å². The number of aromatic nitrogens is 1. The number of rotatable bonds is 3. The van der Waals surface area contributed by atoms with Gasteiger partial charge in [0.25, 0.3) is 0 Å². The largest absolute Gasteiger partial charge is 0.417 e. The second kappa shape index (κ2) is 5.00. The van der Waals surface area contributed by atoms with Gasteiger partial charge >= 0.3 is 6.18 Å². The monoisotopic (exact) mass is 273 g/mol. The van der Waals surface area contributed by atoms with Gasteiger partial charge in [0.2, 0.25) is 0 Å². The Morgan fingerprint density at radius 2 is 2.16 bits per heavy atom. The lowest BCUT2D eigenvalue weighted by atomic mass is 9.90. The standard InChI is InChI=1S/C13H18F3N3/c1-12(8-17-2)5-6-19(9-12)11-4-3-10(7-18-11)13(14,15)16/h3-4,7,17H,5-6,8-9H2,1-2H3. The summed E-state index contributed by atoms with van der Waals surface area (Å²) in [6.45, 7) is 4.71. The number of pyridine rings is 1. The van der Waals surface area contributed by atoms with Crippen LogP contribution in [0.25, 0.3) is 0 Å². The first-order chi connectivity index (χ1) is 8.84. The molecule has 6 heteroatoms. The quantitative estimate of drug-likeness (QED) is 0.917. The van der Waals surface area contributed by atoms with E-state index in [1.54, 1.807) is 0 Å². The van der Waals surface area contributed by atoms with E-state index >= 15 is 0 Å². The second-order valence-electron chi connectivity index (χ2n) is 5.42. The maximum atomic E-state index is 12.5. The fourth-order valence-electron chi connectivity index (χ4n) is 2.53. The Kier molecular flexibility index (Phi) is 3.71. The Morgan fingerprint density at radius 1 is 1.42 bits per heavy atom. The van der Waals surface area contributed by atoms with Crippen LogP contribution in [0.1, 0.15) is 18.9 Å². The minimum Gasteiger partial charge on any atom is -0.356 e. The van der Waals surface area contributed by atoms with Crippen molar-refractivity contribution < 1.29 is 13.2 Å². The fraction of sp³-hybridized carbons (Fsp3) is 0.615. The van der Waals surface area contributed by atoms with Crippen molar-refractivity contribution in [2.45, 2.75) is 19.5 Å². The van der Waals surface area contributed by atoms with Gasteiger partial charge in [-0.3, -0.25) is 0 Å². The van der Waals surface area contributed by atoms with Gasteiger partial charge < -0.3 is 10.2 Å². The lowest BCUT2D eigenvalue weighted by Crippen LogP contribution is -2.33. The highest BCUT2D eigenvalue weighted by atomic mass is 19.4. The van der Waals surface area contributed by atoms with Crippen LogP contribution in [0, 0.1) is 5.41 Å². The molecule has 0 saturated carbocycles. The molecule has 1 fully saturated rings. The van der Waals surface area contributed by atoms with Crippen molar-refractivity contribution in [1.29, 1.82) is 0 Å². The number of hydrogen-bond donors (Lipinski definition) is 1. The van der Waals surface area contributed by atoms with Gasteiger partial charge in [-0.2, -0.15) is 13.2 Å². The van der Waals surface area contributed by atoms with E-state index in [4.69, 9.17) is 0 Å². The molecule has 1 N–H and O–H groups in total. The molecule has 0 amide bonds. The minimum absolute atomic E-state index is 0.152. The summed E-state index contributed by atoms with van der Waals surface area (Å²) < 4.78 is 37.4. The van der Waals surface area contributed by atoms with Crippen molar-refractivity contribution in [2.75, 3.05) is 31.6 Å². The molecule has 19 heavy (non-hydrogen) atoms. The number of nitrogens with one attached hydrogen (secondary N) is 1.